The van der Waals surface area contributed by atoms with E-state index in [4.69, 9.17) is 0 Å². The van der Waals surface area contributed by atoms with Gasteiger partial charge in [-0.15, -0.1) is 0 Å². The average molecular weight is 265 g/mol. The van der Waals surface area contributed by atoms with Crippen LogP contribution in [0.15, 0.2) is 12.3 Å². The van der Waals surface area contributed by atoms with Crippen LogP contribution in [-0.4, -0.2) is 45.2 Å². The molecule has 0 bridgehead atoms. The molecular weight excluding hydrogens is 246 g/mol. The fourth-order valence-corrected chi connectivity index (χ4v) is 2.56. The van der Waals surface area contributed by atoms with Crippen LogP contribution in [0, 0.1) is 5.41 Å². The van der Waals surface area contributed by atoms with Gasteiger partial charge in [-0.25, -0.2) is 0 Å². The number of likely N-dealkylation sites (tertiary alicyclic amines) is 1. The van der Waals surface area contributed by atoms with Gasteiger partial charge < -0.3 is 10.0 Å². The van der Waals surface area contributed by atoms with Gasteiger partial charge in [0.15, 0.2) is 0 Å². The Labute approximate surface area is 111 Å². The summed E-state index contributed by atoms with van der Waals surface area (Å²) in [6.45, 7) is 2.94. The van der Waals surface area contributed by atoms with E-state index < -0.39 is 11.4 Å². The summed E-state index contributed by atoms with van der Waals surface area (Å²) in [4.78, 5) is 25.1. The van der Waals surface area contributed by atoms with Gasteiger partial charge in [0, 0.05) is 25.0 Å². The normalized spacial score (nSPS) is 18.3. The minimum absolute atomic E-state index is 0.0272. The van der Waals surface area contributed by atoms with Gasteiger partial charge in [-0.3, -0.25) is 14.7 Å². The lowest BCUT2D eigenvalue weighted by Gasteiger charge is -2.38. The van der Waals surface area contributed by atoms with E-state index >= 15 is 0 Å². The molecule has 0 atom stereocenters. The summed E-state index contributed by atoms with van der Waals surface area (Å²) in [7, 11) is 0. The number of carboxylic acids is 1. The molecule has 2 rings (SSSR count). The highest BCUT2D eigenvalue weighted by Gasteiger charge is 2.40. The van der Waals surface area contributed by atoms with Crippen molar-refractivity contribution in [2.75, 3.05) is 13.1 Å². The maximum absolute atomic E-state index is 12.1. The SMILES string of the molecule is CCC1(C(=O)O)CCN(C(=O)Cc2ccn[nH]2)CC1. The Kier molecular flexibility index (Phi) is 3.87. The Hall–Kier alpha value is -1.85. The summed E-state index contributed by atoms with van der Waals surface area (Å²) in [6.07, 6.45) is 3.60. The predicted molar refractivity (Wildman–Crippen MR) is 68.5 cm³/mol. The number of nitrogens with one attached hydrogen (secondary N) is 1. The van der Waals surface area contributed by atoms with E-state index in [0.717, 1.165) is 5.69 Å². The maximum atomic E-state index is 12.1. The fourth-order valence-electron chi connectivity index (χ4n) is 2.56. The lowest BCUT2D eigenvalue weighted by atomic mass is 9.76. The number of carboxylic acid groups (broad SMARTS) is 1. The molecule has 0 aromatic carbocycles. The van der Waals surface area contributed by atoms with Crippen LogP contribution >= 0.6 is 0 Å². The topological polar surface area (TPSA) is 86.3 Å². The molecule has 0 radical (unpaired) electrons. The zero-order valence-corrected chi connectivity index (χ0v) is 11.1. The van der Waals surface area contributed by atoms with Crippen LogP contribution in [0.25, 0.3) is 0 Å². The van der Waals surface area contributed by atoms with Crippen LogP contribution in [0.5, 0.6) is 0 Å². The number of aliphatic carboxylic acids is 1. The van der Waals surface area contributed by atoms with Crippen LogP contribution in [-0.2, 0) is 16.0 Å². The van der Waals surface area contributed by atoms with Crippen molar-refractivity contribution in [3.05, 3.63) is 18.0 Å². The number of aromatic nitrogens is 2. The van der Waals surface area contributed by atoms with Crippen LogP contribution < -0.4 is 0 Å². The smallest absolute Gasteiger partial charge is 0.309 e. The summed E-state index contributed by atoms with van der Waals surface area (Å²) in [6, 6.07) is 1.77. The second-order valence-electron chi connectivity index (χ2n) is 5.08. The Morgan fingerprint density at radius 3 is 2.63 bits per heavy atom. The molecule has 1 aliphatic rings. The van der Waals surface area contributed by atoms with E-state index in [1.165, 1.54) is 0 Å². The molecule has 0 saturated carbocycles. The first-order valence-electron chi connectivity index (χ1n) is 6.57. The highest BCUT2D eigenvalue weighted by Crippen LogP contribution is 2.35. The summed E-state index contributed by atoms with van der Waals surface area (Å²) >= 11 is 0. The van der Waals surface area contributed by atoms with Crippen LogP contribution in [0.1, 0.15) is 31.9 Å². The molecule has 1 aromatic rings. The molecule has 0 spiro atoms. The molecule has 1 fully saturated rings. The Bertz CT molecular complexity index is 448. The van der Waals surface area contributed by atoms with Crippen LogP contribution in [0.3, 0.4) is 0 Å². The zero-order chi connectivity index (χ0) is 13.9. The molecular formula is C13H19N3O3. The van der Waals surface area contributed by atoms with Gasteiger partial charge in [0.2, 0.25) is 5.91 Å². The average Bonchev–Trinajstić information content (AvgIpc) is 2.91. The lowest BCUT2D eigenvalue weighted by molar-refractivity contribution is -0.154. The second kappa shape index (κ2) is 5.42. The van der Waals surface area contributed by atoms with Gasteiger partial charge in [0.25, 0.3) is 0 Å². The van der Waals surface area contributed by atoms with Gasteiger partial charge in [-0.1, -0.05) is 6.92 Å². The minimum atomic E-state index is -0.740. The molecule has 2 heterocycles. The fraction of sp³-hybridized carbons (Fsp3) is 0.615. The molecule has 19 heavy (non-hydrogen) atoms. The standard InChI is InChI=1S/C13H19N3O3/c1-2-13(12(18)19)4-7-16(8-5-13)11(17)9-10-3-6-14-15-10/h3,6H,2,4-5,7-9H2,1H3,(H,14,15)(H,18,19). The predicted octanol–water partition coefficient (Wildman–Crippen LogP) is 1.06. The number of rotatable bonds is 4. The third-order valence-electron chi connectivity index (χ3n) is 4.10. The number of carbonyl (C=O) groups is 2. The molecule has 6 nitrogen and oxygen atoms in total. The zero-order valence-electron chi connectivity index (χ0n) is 11.1. The van der Waals surface area contributed by atoms with Crippen molar-refractivity contribution in [1.29, 1.82) is 0 Å². The third kappa shape index (κ3) is 2.77. The molecule has 6 heteroatoms. The first-order valence-corrected chi connectivity index (χ1v) is 6.57. The van der Waals surface area contributed by atoms with E-state index in [2.05, 4.69) is 10.2 Å². The molecule has 0 unspecified atom stereocenters. The number of H-pyrrole nitrogens is 1. The first-order chi connectivity index (χ1) is 9.07. The van der Waals surface area contributed by atoms with Crippen molar-refractivity contribution in [3.63, 3.8) is 0 Å². The van der Waals surface area contributed by atoms with E-state index in [1.807, 2.05) is 6.92 Å². The number of hydrogen-bond donors (Lipinski definition) is 2. The number of nitrogens with zero attached hydrogens (tertiary/aromatic N) is 2. The molecule has 1 aliphatic heterocycles. The number of hydrogen-bond acceptors (Lipinski definition) is 3. The van der Waals surface area contributed by atoms with Crippen LogP contribution in [0.4, 0.5) is 0 Å². The molecule has 1 saturated heterocycles. The van der Waals surface area contributed by atoms with Gasteiger partial charge in [-0.2, -0.15) is 5.10 Å². The van der Waals surface area contributed by atoms with E-state index in [-0.39, 0.29) is 5.91 Å². The van der Waals surface area contributed by atoms with Gasteiger partial charge >= 0.3 is 5.97 Å². The molecule has 2 N–H and O–H groups in total. The molecule has 104 valence electrons. The second-order valence-corrected chi connectivity index (χ2v) is 5.08. The highest BCUT2D eigenvalue weighted by molar-refractivity contribution is 5.79. The summed E-state index contributed by atoms with van der Waals surface area (Å²) in [5.74, 6) is -0.713. The van der Waals surface area contributed by atoms with Crippen molar-refractivity contribution in [3.8, 4) is 0 Å². The van der Waals surface area contributed by atoms with Crippen molar-refractivity contribution in [1.82, 2.24) is 15.1 Å². The monoisotopic (exact) mass is 265 g/mol. The lowest BCUT2D eigenvalue weighted by Crippen LogP contribution is -2.46. The minimum Gasteiger partial charge on any atom is -0.481 e. The molecule has 1 aromatic heterocycles. The number of aromatic amines is 1. The first kappa shape index (κ1) is 13.6. The van der Waals surface area contributed by atoms with Gasteiger partial charge in [-0.05, 0) is 25.3 Å². The van der Waals surface area contributed by atoms with Gasteiger partial charge in [0.05, 0.1) is 11.8 Å². The molecule has 0 aliphatic carbocycles. The quantitative estimate of drug-likeness (QED) is 0.852. The highest BCUT2D eigenvalue weighted by atomic mass is 16.4. The maximum Gasteiger partial charge on any atom is 0.309 e. The Balaban J connectivity index is 1.92. The van der Waals surface area contributed by atoms with E-state index in [1.54, 1.807) is 17.2 Å². The van der Waals surface area contributed by atoms with Crippen molar-refractivity contribution in [2.45, 2.75) is 32.6 Å². The number of piperidine rings is 1. The van der Waals surface area contributed by atoms with E-state index in [9.17, 15) is 14.7 Å². The summed E-state index contributed by atoms with van der Waals surface area (Å²) in [5.41, 5.74) is 0.140. The van der Waals surface area contributed by atoms with Crippen LogP contribution in [0.2, 0.25) is 0 Å². The summed E-state index contributed by atoms with van der Waals surface area (Å²) in [5, 5.41) is 15.9. The largest absolute Gasteiger partial charge is 0.481 e. The Morgan fingerprint density at radius 1 is 1.47 bits per heavy atom. The van der Waals surface area contributed by atoms with Crippen molar-refractivity contribution in [2.24, 2.45) is 5.41 Å². The number of amides is 1. The van der Waals surface area contributed by atoms with Crippen molar-refractivity contribution < 1.29 is 14.7 Å². The summed E-state index contributed by atoms with van der Waals surface area (Å²) < 4.78 is 0. The van der Waals surface area contributed by atoms with Crippen molar-refractivity contribution >= 4 is 11.9 Å². The molecule has 1 amide bonds. The Morgan fingerprint density at radius 2 is 2.16 bits per heavy atom. The van der Waals surface area contributed by atoms with E-state index in [0.29, 0.717) is 38.8 Å². The number of carbonyl (C=O) groups excluding carboxylic acids is 1. The van der Waals surface area contributed by atoms with Gasteiger partial charge in [0.1, 0.15) is 0 Å². The third-order valence-corrected chi connectivity index (χ3v) is 4.10.